The molecule has 0 spiro atoms. The van der Waals surface area contributed by atoms with Crippen LogP contribution in [-0.4, -0.2) is 17.5 Å². The minimum absolute atomic E-state index is 0.371. The van der Waals surface area contributed by atoms with Gasteiger partial charge in [-0.3, -0.25) is 14.6 Å². The quantitative estimate of drug-likeness (QED) is 0.265. The second-order valence-corrected chi connectivity index (χ2v) is 8.18. The smallest absolute Gasteiger partial charge is 0.265 e. The van der Waals surface area contributed by atoms with Gasteiger partial charge in [-0.1, -0.05) is 78.3 Å². The number of para-hydroxylation sites is 3. The number of hydrogen-bond acceptors (Lipinski definition) is 3. The molecule has 0 radical (unpaired) electrons. The van der Waals surface area contributed by atoms with Gasteiger partial charge >= 0.3 is 0 Å². The summed E-state index contributed by atoms with van der Waals surface area (Å²) in [6, 6.07) is 34.6. The molecule has 1 heterocycles. The molecule has 0 unspecified atom stereocenters. The fraction of sp³-hybridized carbons (Fsp3) is 0.0357. The zero-order valence-corrected chi connectivity index (χ0v) is 18.8. The third-order valence-electron chi connectivity index (χ3n) is 5.53. The monoisotopic (exact) mass is 465 g/mol. The van der Waals surface area contributed by atoms with Crippen molar-refractivity contribution >= 4 is 46.2 Å². The standard InChI is InChI=1S/C28H20ClN3O2/c29-21-18-16-20(17-19-21)26(30-22-10-4-1-5-11-22)25-27(33)31(23-12-6-2-7-13-23)32(28(25)34)24-14-8-3-9-15-24/h1-19,25H. The first-order valence-electron chi connectivity index (χ1n) is 10.8. The molecule has 0 saturated carbocycles. The first kappa shape index (κ1) is 21.6. The molecule has 1 saturated heterocycles. The van der Waals surface area contributed by atoms with E-state index in [0.29, 0.717) is 33.4 Å². The molecule has 0 atom stereocenters. The lowest BCUT2D eigenvalue weighted by atomic mass is 9.95. The Labute approximate surface area is 202 Å². The van der Waals surface area contributed by atoms with E-state index in [-0.39, 0.29) is 11.8 Å². The fourth-order valence-electron chi connectivity index (χ4n) is 3.96. The molecule has 34 heavy (non-hydrogen) atoms. The molecule has 5 nitrogen and oxygen atoms in total. The van der Waals surface area contributed by atoms with Gasteiger partial charge in [-0.2, -0.15) is 0 Å². The summed E-state index contributed by atoms with van der Waals surface area (Å²) in [5.74, 6) is -1.86. The summed E-state index contributed by atoms with van der Waals surface area (Å²) in [6.07, 6.45) is 0. The molecular weight excluding hydrogens is 446 g/mol. The molecule has 0 aliphatic carbocycles. The lowest BCUT2D eigenvalue weighted by Crippen LogP contribution is -2.41. The summed E-state index contributed by atoms with van der Waals surface area (Å²) in [4.78, 5) is 32.6. The van der Waals surface area contributed by atoms with E-state index in [2.05, 4.69) is 0 Å². The molecule has 4 aromatic carbocycles. The van der Waals surface area contributed by atoms with Gasteiger partial charge in [0.2, 0.25) is 0 Å². The van der Waals surface area contributed by atoms with E-state index in [9.17, 15) is 9.59 Å². The minimum Gasteiger partial charge on any atom is -0.271 e. The fourth-order valence-corrected chi connectivity index (χ4v) is 4.09. The number of amides is 2. The SMILES string of the molecule is O=C1C(C(=Nc2ccccc2)c2ccc(Cl)cc2)C(=O)N(c2ccccc2)N1c1ccccc1. The summed E-state index contributed by atoms with van der Waals surface area (Å²) in [7, 11) is 0. The number of nitrogens with zero attached hydrogens (tertiary/aromatic N) is 3. The zero-order chi connectivity index (χ0) is 23.5. The molecule has 1 aliphatic rings. The molecule has 4 aromatic rings. The zero-order valence-electron chi connectivity index (χ0n) is 18.1. The van der Waals surface area contributed by atoms with Crippen LogP contribution in [0.3, 0.4) is 0 Å². The predicted molar refractivity (Wildman–Crippen MR) is 135 cm³/mol. The van der Waals surface area contributed by atoms with Crippen LogP contribution in [-0.2, 0) is 9.59 Å². The van der Waals surface area contributed by atoms with E-state index >= 15 is 0 Å². The van der Waals surface area contributed by atoms with Crippen LogP contribution < -0.4 is 10.0 Å². The molecule has 166 valence electrons. The molecule has 1 fully saturated rings. The first-order chi connectivity index (χ1) is 16.6. The molecule has 0 aromatic heterocycles. The first-order valence-corrected chi connectivity index (χ1v) is 11.2. The van der Waals surface area contributed by atoms with Crippen LogP contribution in [0.15, 0.2) is 120 Å². The predicted octanol–water partition coefficient (Wildman–Crippen LogP) is 6.07. The number of rotatable bonds is 5. The van der Waals surface area contributed by atoms with E-state index in [0.717, 1.165) is 0 Å². The van der Waals surface area contributed by atoms with Crippen LogP contribution in [0, 0.1) is 5.92 Å². The van der Waals surface area contributed by atoms with Gasteiger partial charge < -0.3 is 0 Å². The summed E-state index contributed by atoms with van der Waals surface area (Å²) in [6.45, 7) is 0. The Morgan fingerprint density at radius 2 is 1.06 bits per heavy atom. The summed E-state index contributed by atoms with van der Waals surface area (Å²) in [5.41, 5.74) is 2.88. The molecule has 0 N–H and O–H groups in total. The molecule has 5 rings (SSSR count). The maximum atomic E-state index is 13.9. The third kappa shape index (κ3) is 4.09. The highest BCUT2D eigenvalue weighted by Gasteiger charge is 2.50. The topological polar surface area (TPSA) is 53.0 Å². The Kier molecular flexibility index (Phi) is 5.93. The van der Waals surface area contributed by atoms with E-state index in [1.54, 1.807) is 48.5 Å². The largest absolute Gasteiger partial charge is 0.271 e. The Morgan fingerprint density at radius 3 is 1.53 bits per heavy atom. The Morgan fingerprint density at radius 1 is 0.618 bits per heavy atom. The maximum Gasteiger partial charge on any atom is 0.265 e. The number of halogens is 1. The normalized spacial score (nSPS) is 14.7. The maximum absolute atomic E-state index is 13.9. The van der Waals surface area contributed by atoms with Crippen LogP contribution >= 0.6 is 11.6 Å². The number of aliphatic imine (C=N–C) groups is 1. The van der Waals surface area contributed by atoms with Crippen molar-refractivity contribution < 1.29 is 9.59 Å². The number of carbonyl (C=O) groups excluding carboxylic acids is 2. The summed E-state index contributed by atoms with van der Waals surface area (Å²) < 4.78 is 0. The van der Waals surface area contributed by atoms with Crippen LogP contribution in [0.2, 0.25) is 5.02 Å². The van der Waals surface area contributed by atoms with Gasteiger partial charge in [0.05, 0.1) is 22.8 Å². The second-order valence-electron chi connectivity index (χ2n) is 7.74. The van der Waals surface area contributed by atoms with E-state index in [1.807, 2.05) is 66.7 Å². The van der Waals surface area contributed by atoms with Crippen LogP contribution in [0.25, 0.3) is 0 Å². The van der Waals surface area contributed by atoms with Gasteiger partial charge in [-0.25, -0.2) is 10.0 Å². The van der Waals surface area contributed by atoms with Crippen molar-refractivity contribution in [3.05, 3.63) is 126 Å². The van der Waals surface area contributed by atoms with Crippen molar-refractivity contribution in [1.29, 1.82) is 0 Å². The Balaban J connectivity index is 1.68. The van der Waals surface area contributed by atoms with Crippen molar-refractivity contribution in [2.75, 3.05) is 10.0 Å². The van der Waals surface area contributed by atoms with E-state index in [4.69, 9.17) is 16.6 Å². The third-order valence-corrected chi connectivity index (χ3v) is 5.78. The Hall–Kier alpha value is -4.22. The van der Waals surface area contributed by atoms with Crippen LogP contribution in [0.4, 0.5) is 17.1 Å². The van der Waals surface area contributed by atoms with Crippen LogP contribution in [0.5, 0.6) is 0 Å². The van der Waals surface area contributed by atoms with E-state index in [1.165, 1.54) is 10.0 Å². The second kappa shape index (κ2) is 9.33. The van der Waals surface area contributed by atoms with Gasteiger partial charge in [0, 0.05) is 5.02 Å². The van der Waals surface area contributed by atoms with Gasteiger partial charge in [-0.05, 0) is 54.1 Å². The molecule has 2 amide bonds. The minimum atomic E-state index is -1.12. The average Bonchev–Trinajstić information content (AvgIpc) is 3.14. The average molecular weight is 466 g/mol. The van der Waals surface area contributed by atoms with Crippen molar-refractivity contribution in [3.8, 4) is 0 Å². The molecular formula is C28H20ClN3O2. The molecule has 6 heteroatoms. The lowest BCUT2D eigenvalue weighted by molar-refractivity contribution is -0.124. The number of anilines is 2. The van der Waals surface area contributed by atoms with Crippen molar-refractivity contribution in [2.45, 2.75) is 0 Å². The Bertz CT molecular complexity index is 1280. The van der Waals surface area contributed by atoms with Crippen molar-refractivity contribution in [2.24, 2.45) is 10.9 Å². The van der Waals surface area contributed by atoms with Crippen molar-refractivity contribution in [1.82, 2.24) is 0 Å². The highest BCUT2D eigenvalue weighted by Crippen LogP contribution is 2.34. The van der Waals surface area contributed by atoms with Crippen LogP contribution in [0.1, 0.15) is 5.56 Å². The van der Waals surface area contributed by atoms with Gasteiger partial charge in [0.15, 0.2) is 5.92 Å². The summed E-state index contributed by atoms with van der Waals surface area (Å²) in [5, 5.41) is 3.42. The lowest BCUT2D eigenvalue weighted by Gasteiger charge is -2.27. The van der Waals surface area contributed by atoms with Gasteiger partial charge in [0.25, 0.3) is 11.8 Å². The number of benzene rings is 4. The van der Waals surface area contributed by atoms with E-state index < -0.39 is 5.92 Å². The van der Waals surface area contributed by atoms with Gasteiger partial charge in [-0.15, -0.1) is 0 Å². The molecule has 0 bridgehead atoms. The highest BCUT2D eigenvalue weighted by atomic mass is 35.5. The number of carbonyl (C=O) groups is 2. The van der Waals surface area contributed by atoms with Crippen molar-refractivity contribution in [3.63, 3.8) is 0 Å². The highest BCUT2D eigenvalue weighted by molar-refractivity contribution is 6.36. The summed E-state index contributed by atoms with van der Waals surface area (Å²) >= 11 is 6.11. The van der Waals surface area contributed by atoms with Gasteiger partial charge in [0.1, 0.15) is 0 Å². The number of hydrogen-bond donors (Lipinski definition) is 0. The molecule has 1 aliphatic heterocycles. The number of hydrazine groups is 1.